The van der Waals surface area contributed by atoms with E-state index in [1.165, 1.54) is 30.2 Å². The number of carbonyl (C=O) groups is 1. The predicted molar refractivity (Wildman–Crippen MR) is 74.7 cm³/mol. The average Bonchev–Trinajstić information content (AvgIpc) is 2.68. The van der Waals surface area contributed by atoms with E-state index >= 15 is 0 Å². The quantitative estimate of drug-likeness (QED) is 0.804. The largest absolute Gasteiger partial charge is 0.478 e. The molecule has 0 unspecified atom stereocenters. The number of aliphatic carboxylic acids is 1. The maximum absolute atomic E-state index is 10.5. The minimum absolute atomic E-state index is 0.868. The van der Waals surface area contributed by atoms with Crippen LogP contribution in [0.3, 0.4) is 0 Å². The van der Waals surface area contributed by atoms with Gasteiger partial charge in [-0.1, -0.05) is 6.42 Å². The third-order valence-electron chi connectivity index (χ3n) is 3.39. The molecule has 0 atom stereocenters. The average molecular weight is 265 g/mol. The van der Waals surface area contributed by atoms with Gasteiger partial charge in [-0.2, -0.15) is 0 Å². The van der Waals surface area contributed by atoms with Crippen molar-refractivity contribution in [2.45, 2.75) is 25.8 Å². The molecule has 0 aromatic carbocycles. The molecule has 0 saturated heterocycles. The van der Waals surface area contributed by atoms with Crippen LogP contribution in [-0.4, -0.2) is 29.6 Å². The zero-order chi connectivity index (χ0) is 13.0. The normalized spacial score (nSPS) is 16.3. The van der Waals surface area contributed by atoms with Gasteiger partial charge in [0.15, 0.2) is 0 Å². The van der Waals surface area contributed by atoms with Gasteiger partial charge in [-0.3, -0.25) is 0 Å². The molecule has 1 fully saturated rings. The third kappa shape index (κ3) is 3.68. The molecule has 1 aliphatic rings. The minimum Gasteiger partial charge on any atom is -0.478 e. The molecule has 2 rings (SSSR count). The van der Waals surface area contributed by atoms with Crippen LogP contribution in [0.25, 0.3) is 6.08 Å². The van der Waals surface area contributed by atoms with Gasteiger partial charge in [-0.25, -0.2) is 4.79 Å². The zero-order valence-corrected chi connectivity index (χ0v) is 11.4. The molecule has 1 aromatic rings. The summed E-state index contributed by atoms with van der Waals surface area (Å²) in [5.74, 6) is -0.0250. The fraction of sp³-hybridized carbons (Fsp3) is 0.500. The molecule has 98 valence electrons. The molecule has 4 heteroatoms. The molecular formula is C14H19NO2S. The molecule has 1 heterocycles. The fourth-order valence-corrected chi connectivity index (χ4v) is 3.16. The summed E-state index contributed by atoms with van der Waals surface area (Å²) in [6.07, 6.45) is 6.99. The van der Waals surface area contributed by atoms with E-state index < -0.39 is 5.97 Å². The second-order valence-corrected chi connectivity index (χ2v) is 5.97. The van der Waals surface area contributed by atoms with E-state index in [-0.39, 0.29) is 0 Å². The maximum Gasteiger partial charge on any atom is 0.328 e. The van der Waals surface area contributed by atoms with Gasteiger partial charge < -0.3 is 10.0 Å². The second kappa shape index (κ2) is 6.16. The lowest BCUT2D eigenvalue weighted by Crippen LogP contribution is -2.28. The van der Waals surface area contributed by atoms with E-state index in [1.807, 2.05) is 11.4 Å². The Morgan fingerprint density at radius 2 is 2.39 bits per heavy atom. The van der Waals surface area contributed by atoms with Crippen molar-refractivity contribution >= 4 is 23.4 Å². The number of hydrogen-bond donors (Lipinski definition) is 1. The van der Waals surface area contributed by atoms with E-state index in [0.29, 0.717) is 0 Å². The summed E-state index contributed by atoms with van der Waals surface area (Å²) in [4.78, 5) is 14.1. The van der Waals surface area contributed by atoms with E-state index in [4.69, 9.17) is 5.11 Å². The maximum atomic E-state index is 10.5. The lowest BCUT2D eigenvalue weighted by Gasteiger charge is -2.30. The first-order valence-corrected chi connectivity index (χ1v) is 7.19. The van der Waals surface area contributed by atoms with E-state index in [9.17, 15) is 4.79 Å². The molecular weight excluding hydrogens is 246 g/mol. The van der Waals surface area contributed by atoms with Gasteiger partial charge in [-0.15, -0.1) is 11.3 Å². The van der Waals surface area contributed by atoms with Gasteiger partial charge >= 0.3 is 5.97 Å². The van der Waals surface area contributed by atoms with Crippen LogP contribution in [0, 0.1) is 5.92 Å². The lowest BCUT2D eigenvalue weighted by molar-refractivity contribution is -0.131. The number of thiophene rings is 1. The Kier molecular flexibility index (Phi) is 4.55. The number of carboxylic acids is 1. The topological polar surface area (TPSA) is 40.5 Å². The highest BCUT2D eigenvalue weighted by molar-refractivity contribution is 7.10. The molecule has 1 aliphatic carbocycles. The van der Waals surface area contributed by atoms with Crippen LogP contribution in [0.15, 0.2) is 17.5 Å². The summed E-state index contributed by atoms with van der Waals surface area (Å²) in [5.41, 5.74) is 1.03. The highest BCUT2D eigenvalue weighted by atomic mass is 32.1. The number of nitrogens with zero attached hydrogens (tertiary/aromatic N) is 1. The summed E-state index contributed by atoms with van der Waals surface area (Å²) < 4.78 is 0. The first-order valence-electron chi connectivity index (χ1n) is 6.31. The smallest absolute Gasteiger partial charge is 0.328 e. The fourth-order valence-electron chi connectivity index (χ4n) is 2.21. The van der Waals surface area contributed by atoms with Crippen LogP contribution in [0.1, 0.15) is 29.7 Å². The van der Waals surface area contributed by atoms with Crippen LogP contribution in [0.4, 0.5) is 0 Å². The van der Waals surface area contributed by atoms with Crippen molar-refractivity contribution in [2.24, 2.45) is 5.92 Å². The molecule has 1 aromatic heterocycles. The van der Waals surface area contributed by atoms with Gasteiger partial charge in [-0.05, 0) is 48.9 Å². The van der Waals surface area contributed by atoms with Crippen molar-refractivity contribution in [1.82, 2.24) is 4.90 Å². The van der Waals surface area contributed by atoms with Gasteiger partial charge in [0.2, 0.25) is 0 Å². The number of hydrogen-bond acceptors (Lipinski definition) is 3. The molecule has 0 radical (unpaired) electrons. The van der Waals surface area contributed by atoms with Crippen molar-refractivity contribution in [1.29, 1.82) is 0 Å². The molecule has 1 N–H and O–H groups in total. The first kappa shape index (κ1) is 13.3. The monoisotopic (exact) mass is 265 g/mol. The Bertz CT molecular complexity index is 435. The number of carboxylic acid groups (broad SMARTS) is 1. The number of rotatable bonds is 6. The van der Waals surface area contributed by atoms with Gasteiger partial charge in [0.25, 0.3) is 0 Å². The van der Waals surface area contributed by atoms with Gasteiger partial charge in [0.1, 0.15) is 0 Å². The SMILES string of the molecule is CN(Cc1sccc1C=CC(=O)O)CC1CCC1. The Hall–Kier alpha value is -1.13. The summed E-state index contributed by atoms with van der Waals surface area (Å²) in [6, 6.07) is 1.98. The standard InChI is InChI=1S/C14H19NO2S/c1-15(9-11-3-2-4-11)10-13-12(7-8-18-13)5-6-14(16)17/h5-8,11H,2-4,9-10H2,1H3,(H,16,17). The van der Waals surface area contributed by atoms with E-state index in [0.717, 1.165) is 24.6 Å². The van der Waals surface area contributed by atoms with Crippen molar-refractivity contribution in [3.05, 3.63) is 28.0 Å². The summed E-state index contributed by atoms with van der Waals surface area (Å²) in [6.45, 7) is 2.06. The predicted octanol–water partition coefficient (Wildman–Crippen LogP) is 3.08. The summed E-state index contributed by atoms with van der Waals surface area (Å²) in [5, 5.41) is 10.7. The van der Waals surface area contributed by atoms with Crippen molar-refractivity contribution in [2.75, 3.05) is 13.6 Å². The van der Waals surface area contributed by atoms with Crippen molar-refractivity contribution in [3.8, 4) is 0 Å². The highest BCUT2D eigenvalue weighted by Gasteiger charge is 2.19. The van der Waals surface area contributed by atoms with E-state index in [2.05, 4.69) is 11.9 Å². The Morgan fingerprint density at radius 1 is 1.61 bits per heavy atom. The molecule has 18 heavy (non-hydrogen) atoms. The molecule has 3 nitrogen and oxygen atoms in total. The first-order chi connectivity index (χ1) is 8.65. The van der Waals surface area contributed by atoms with E-state index in [1.54, 1.807) is 17.4 Å². The van der Waals surface area contributed by atoms with Crippen molar-refractivity contribution in [3.63, 3.8) is 0 Å². The van der Waals surface area contributed by atoms with Crippen LogP contribution in [-0.2, 0) is 11.3 Å². The minimum atomic E-state index is -0.894. The van der Waals surface area contributed by atoms with Crippen molar-refractivity contribution < 1.29 is 9.90 Å². The van der Waals surface area contributed by atoms with Gasteiger partial charge in [0, 0.05) is 24.0 Å². The Labute approximate surface area is 112 Å². The molecule has 0 aliphatic heterocycles. The Balaban J connectivity index is 1.91. The Morgan fingerprint density at radius 3 is 3.00 bits per heavy atom. The molecule has 0 amide bonds. The summed E-state index contributed by atoms with van der Waals surface area (Å²) in [7, 11) is 2.14. The highest BCUT2D eigenvalue weighted by Crippen LogP contribution is 2.28. The zero-order valence-electron chi connectivity index (χ0n) is 10.6. The van der Waals surface area contributed by atoms with Crippen LogP contribution < -0.4 is 0 Å². The third-order valence-corrected chi connectivity index (χ3v) is 4.31. The summed E-state index contributed by atoms with van der Waals surface area (Å²) >= 11 is 1.70. The second-order valence-electron chi connectivity index (χ2n) is 4.96. The van der Waals surface area contributed by atoms with Crippen LogP contribution in [0.5, 0.6) is 0 Å². The van der Waals surface area contributed by atoms with Crippen LogP contribution in [0.2, 0.25) is 0 Å². The van der Waals surface area contributed by atoms with Crippen LogP contribution >= 0.6 is 11.3 Å². The molecule has 1 saturated carbocycles. The molecule has 0 bridgehead atoms. The lowest BCUT2D eigenvalue weighted by atomic mass is 9.85. The van der Waals surface area contributed by atoms with Gasteiger partial charge in [0.05, 0.1) is 0 Å². The molecule has 0 spiro atoms.